The van der Waals surface area contributed by atoms with Crippen LogP contribution in [0.1, 0.15) is 11.1 Å². The molecule has 27 heavy (non-hydrogen) atoms. The van der Waals surface area contributed by atoms with Crippen LogP contribution in [0.4, 0.5) is 11.6 Å². The summed E-state index contributed by atoms with van der Waals surface area (Å²) in [6.45, 7) is 0.412. The molecule has 4 aromatic rings. The Bertz CT molecular complexity index is 1150. The molecule has 3 N–H and O–H groups in total. The van der Waals surface area contributed by atoms with Gasteiger partial charge in [-0.3, -0.25) is 9.97 Å². The predicted octanol–water partition coefficient (Wildman–Crippen LogP) is 3.15. The number of nitriles is 1. The van der Waals surface area contributed by atoms with Crippen LogP contribution in [0.3, 0.4) is 0 Å². The highest BCUT2D eigenvalue weighted by atomic mass is 15.0. The molecule has 0 aliphatic heterocycles. The summed E-state index contributed by atoms with van der Waals surface area (Å²) in [4.78, 5) is 17.0. The minimum Gasteiger partial charge on any atom is -0.382 e. The van der Waals surface area contributed by atoms with Gasteiger partial charge >= 0.3 is 0 Å². The number of hydrogen-bond donors (Lipinski definition) is 2. The molecule has 3 heterocycles. The van der Waals surface area contributed by atoms with Gasteiger partial charge in [0.2, 0.25) is 0 Å². The van der Waals surface area contributed by atoms with Gasteiger partial charge in [0.05, 0.1) is 11.2 Å². The third-order valence-corrected chi connectivity index (χ3v) is 4.21. The van der Waals surface area contributed by atoms with Crippen LogP contribution in [0, 0.1) is 11.3 Å². The largest absolute Gasteiger partial charge is 0.382 e. The topological polar surface area (TPSA) is 113 Å². The molecule has 0 fully saturated rings. The van der Waals surface area contributed by atoms with Crippen LogP contribution >= 0.6 is 0 Å². The lowest BCUT2D eigenvalue weighted by molar-refractivity contribution is 1.07. The number of aromatic nitrogens is 4. The highest BCUT2D eigenvalue weighted by molar-refractivity contribution is 5.95. The molecule has 0 radical (unpaired) electrons. The van der Waals surface area contributed by atoms with Gasteiger partial charge in [-0.15, -0.1) is 0 Å². The normalized spacial score (nSPS) is 10.5. The van der Waals surface area contributed by atoms with Gasteiger partial charge in [-0.25, -0.2) is 9.97 Å². The van der Waals surface area contributed by atoms with Crippen molar-refractivity contribution in [3.05, 3.63) is 72.3 Å². The Morgan fingerprint density at radius 2 is 1.85 bits per heavy atom. The number of rotatable bonds is 4. The molecular weight excluding hydrogens is 338 g/mol. The van der Waals surface area contributed by atoms with E-state index in [1.807, 2.05) is 54.7 Å². The molecule has 3 aromatic heterocycles. The zero-order chi connectivity index (χ0) is 18.6. The van der Waals surface area contributed by atoms with E-state index in [2.05, 4.69) is 25.3 Å². The van der Waals surface area contributed by atoms with Crippen molar-refractivity contribution in [2.24, 2.45) is 0 Å². The van der Waals surface area contributed by atoms with Crippen LogP contribution < -0.4 is 11.1 Å². The lowest BCUT2D eigenvalue weighted by Gasteiger charge is -2.14. The summed E-state index contributed by atoms with van der Waals surface area (Å²) in [5.41, 5.74) is 9.67. The summed E-state index contributed by atoms with van der Waals surface area (Å²) in [5.74, 6) is 0.543. The lowest BCUT2D eigenvalue weighted by atomic mass is 10.00. The van der Waals surface area contributed by atoms with E-state index in [4.69, 9.17) is 5.73 Å². The SMILES string of the molecule is N#Cc1c(N)ncnc1NCc1cnc2ccccc2c1-c1ccccn1. The van der Waals surface area contributed by atoms with Crippen molar-refractivity contribution in [1.82, 2.24) is 19.9 Å². The molecule has 0 bridgehead atoms. The van der Waals surface area contributed by atoms with Crippen molar-refractivity contribution in [1.29, 1.82) is 5.26 Å². The standard InChI is InChI=1S/C20H15N7/c21-9-15-19(22)26-12-27-20(15)25-11-13-10-24-16-6-2-1-5-14(16)18(13)17-7-3-4-8-23-17/h1-8,10,12H,11H2,(H3,22,25,26,27). The average molecular weight is 353 g/mol. The maximum atomic E-state index is 9.30. The molecular formula is C20H15N7. The fraction of sp³-hybridized carbons (Fsp3) is 0.0500. The first-order valence-electron chi connectivity index (χ1n) is 8.30. The van der Waals surface area contributed by atoms with Crippen molar-refractivity contribution in [2.75, 3.05) is 11.1 Å². The smallest absolute Gasteiger partial charge is 0.149 e. The van der Waals surface area contributed by atoms with Crippen molar-refractivity contribution >= 4 is 22.5 Å². The van der Waals surface area contributed by atoms with E-state index in [-0.39, 0.29) is 11.4 Å². The van der Waals surface area contributed by atoms with E-state index in [0.29, 0.717) is 12.4 Å². The van der Waals surface area contributed by atoms with Crippen molar-refractivity contribution in [3.63, 3.8) is 0 Å². The Balaban J connectivity index is 1.79. The van der Waals surface area contributed by atoms with Gasteiger partial charge in [0, 0.05) is 29.9 Å². The number of fused-ring (bicyclic) bond motifs is 1. The van der Waals surface area contributed by atoms with Crippen LogP contribution in [0.2, 0.25) is 0 Å². The number of anilines is 2. The van der Waals surface area contributed by atoms with E-state index in [0.717, 1.165) is 27.7 Å². The summed E-state index contributed by atoms with van der Waals surface area (Å²) in [6, 6.07) is 15.8. The van der Waals surface area contributed by atoms with Crippen LogP contribution in [0.25, 0.3) is 22.2 Å². The third-order valence-electron chi connectivity index (χ3n) is 4.21. The monoisotopic (exact) mass is 353 g/mol. The molecule has 0 saturated heterocycles. The van der Waals surface area contributed by atoms with Crippen LogP contribution in [0.5, 0.6) is 0 Å². The number of nitrogens with one attached hydrogen (secondary N) is 1. The Hall–Kier alpha value is -4.05. The highest BCUT2D eigenvalue weighted by Gasteiger charge is 2.14. The minimum atomic E-state index is 0.150. The molecule has 7 nitrogen and oxygen atoms in total. The first-order valence-corrected chi connectivity index (χ1v) is 8.30. The van der Waals surface area contributed by atoms with Crippen LogP contribution in [-0.4, -0.2) is 19.9 Å². The molecule has 0 spiro atoms. The number of para-hydroxylation sites is 1. The van der Waals surface area contributed by atoms with Gasteiger partial charge in [0.1, 0.15) is 29.6 Å². The second kappa shape index (κ2) is 7.06. The lowest BCUT2D eigenvalue weighted by Crippen LogP contribution is -2.08. The fourth-order valence-electron chi connectivity index (χ4n) is 2.95. The molecule has 0 amide bonds. The van der Waals surface area contributed by atoms with Gasteiger partial charge < -0.3 is 11.1 Å². The Morgan fingerprint density at radius 1 is 1.00 bits per heavy atom. The van der Waals surface area contributed by atoms with Gasteiger partial charge in [-0.05, 0) is 23.8 Å². The molecule has 0 saturated carbocycles. The summed E-state index contributed by atoms with van der Waals surface area (Å²) < 4.78 is 0. The first-order chi connectivity index (χ1) is 13.3. The number of hydrogen-bond acceptors (Lipinski definition) is 7. The molecule has 1 aromatic carbocycles. The molecule has 0 unspecified atom stereocenters. The summed E-state index contributed by atoms with van der Waals surface area (Å²) in [6.07, 6.45) is 4.91. The highest BCUT2D eigenvalue weighted by Crippen LogP contribution is 2.30. The van der Waals surface area contributed by atoms with Gasteiger partial charge in [0.25, 0.3) is 0 Å². The van der Waals surface area contributed by atoms with Crippen molar-refractivity contribution in [3.8, 4) is 17.3 Å². The maximum absolute atomic E-state index is 9.30. The molecule has 130 valence electrons. The third kappa shape index (κ3) is 3.12. The number of nitrogens with two attached hydrogens (primary N) is 1. The predicted molar refractivity (Wildman–Crippen MR) is 103 cm³/mol. The Kier molecular flexibility index (Phi) is 4.29. The number of pyridine rings is 2. The number of nitrogens with zero attached hydrogens (tertiary/aromatic N) is 5. The van der Waals surface area contributed by atoms with E-state index in [9.17, 15) is 5.26 Å². The van der Waals surface area contributed by atoms with Crippen molar-refractivity contribution < 1.29 is 0 Å². The second-order valence-corrected chi connectivity index (χ2v) is 5.84. The minimum absolute atomic E-state index is 0.150. The van der Waals surface area contributed by atoms with Crippen LogP contribution in [-0.2, 0) is 6.54 Å². The summed E-state index contributed by atoms with van der Waals surface area (Å²) in [5, 5.41) is 13.5. The van der Waals surface area contributed by atoms with E-state index in [1.165, 1.54) is 6.33 Å². The van der Waals surface area contributed by atoms with Crippen molar-refractivity contribution in [2.45, 2.75) is 6.54 Å². The molecule has 0 aliphatic carbocycles. The first kappa shape index (κ1) is 16.4. The zero-order valence-electron chi connectivity index (χ0n) is 14.3. The van der Waals surface area contributed by atoms with Gasteiger partial charge in [-0.2, -0.15) is 5.26 Å². The van der Waals surface area contributed by atoms with E-state index < -0.39 is 0 Å². The summed E-state index contributed by atoms with van der Waals surface area (Å²) in [7, 11) is 0. The molecule has 7 heteroatoms. The van der Waals surface area contributed by atoms with E-state index in [1.54, 1.807) is 6.20 Å². The number of nitrogen functional groups attached to an aromatic ring is 1. The van der Waals surface area contributed by atoms with Crippen LogP contribution in [0.15, 0.2) is 61.2 Å². The molecule has 4 rings (SSSR count). The Morgan fingerprint density at radius 3 is 2.67 bits per heavy atom. The summed E-state index contributed by atoms with van der Waals surface area (Å²) >= 11 is 0. The zero-order valence-corrected chi connectivity index (χ0v) is 14.3. The molecule has 0 atom stereocenters. The average Bonchev–Trinajstić information content (AvgIpc) is 2.72. The maximum Gasteiger partial charge on any atom is 0.149 e. The quantitative estimate of drug-likeness (QED) is 0.579. The molecule has 0 aliphatic rings. The number of benzene rings is 1. The fourth-order valence-corrected chi connectivity index (χ4v) is 2.95. The van der Waals surface area contributed by atoms with Gasteiger partial charge in [-0.1, -0.05) is 24.3 Å². The van der Waals surface area contributed by atoms with Gasteiger partial charge in [0.15, 0.2) is 0 Å². The second-order valence-electron chi connectivity index (χ2n) is 5.84. The van der Waals surface area contributed by atoms with E-state index >= 15 is 0 Å². The Labute approximate surface area is 155 Å².